The number of carbonyl (C=O) groups is 1. The lowest BCUT2D eigenvalue weighted by Crippen LogP contribution is -2.36. The van der Waals surface area contributed by atoms with Crippen LogP contribution in [0, 0.1) is 23.7 Å². The highest BCUT2D eigenvalue weighted by molar-refractivity contribution is 6.07. The van der Waals surface area contributed by atoms with Gasteiger partial charge in [-0.15, -0.1) is 0 Å². The molecule has 4 heteroatoms. The molecular weight excluding hydrogens is 274 g/mol. The molecule has 4 nitrogen and oxygen atoms in total. The zero-order valence-electron chi connectivity index (χ0n) is 12.8. The molecule has 2 aliphatic carbocycles. The third-order valence-corrected chi connectivity index (χ3v) is 5.66. The minimum absolute atomic E-state index is 0.292. The van der Waals surface area contributed by atoms with Gasteiger partial charge in [0.2, 0.25) is 5.91 Å². The van der Waals surface area contributed by atoms with Crippen molar-refractivity contribution in [2.24, 2.45) is 39.6 Å². The molecule has 0 spiro atoms. The monoisotopic (exact) mass is 295 g/mol. The molecule has 4 rings (SSSR count). The highest BCUT2D eigenvalue weighted by atomic mass is 16.1. The van der Waals surface area contributed by atoms with Crippen molar-refractivity contribution in [1.82, 2.24) is 0 Å². The van der Waals surface area contributed by atoms with Crippen molar-refractivity contribution >= 4 is 17.3 Å². The fourth-order valence-corrected chi connectivity index (χ4v) is 4.80. The fraction of sp³-hybridized carbons (Fsp3) is 0.500. The predicted octanol–water partition coefficient (Wildman–Crippen LogP) is 2.56. The average molecular weight is 295 g/mol. The average Bonchev–Trinajstić information content (AvgIpc) is 3.10. The highest BCUT2D eigenvalue weighted by Crippen LogP contribution is 2.54. The van der Waals surface area contributed by atoms with E-state index in [2.05, 4.69) is 29.3 Å². The minimum atomic E-state index is -0.295. The molecule has 4 unspecified atom stereocenters. The number of carbonyl (C=O) groups excluding carboxylic acids is 1. The SMILES string of the molecule is CC1=NN=C(c2ccc(CC(N)=O)cc2)C2C3CCC(C3)C12. The molecule has 2 saturated carbocycles. The summed E-state index contributed by atoms with van der Waals surface area (Å²) in [4.78, 5) is 11.0. The van der Waals surface area contributed by atoms with E-state index in [-0.39, 0.29) is 5.91 Å². The Morgan fingerprint density at radius 3 is 2.50 bits per heavy atom. The summed E-state index contributed by atoms with van der Waals surface area (Å²) in [5.41, 5.74) is 9.71. The Morgan fingerprint density at radius 1 is 1.14 bits per heavy atom. The highest BCUT2D eigenvalue weighted by Gasteiger charge is 2.51. The van der Waals surface area contributed by atoms with Gasteiger partial charge in [-0.25, -0.2) is 0 Å². The van der Waals surface area contributed by atoms with Crippen LogP contribution in [-0.2, 0) is 11.2 Å². The Morgan fingerprint density at radius 2 is 1.82 bits per heavy atom. The molecule has 0 aromatic heterocycles. The number of amides is 1. The van der Waals surface area contributed by atoms with E-state index in [9.17, 15) is 4.79 Å². The van der Waals surface area contributed by atoms with Gasteiger partial charge in [0.25, 0.3) is 0 Å². The number of hydrogen-bond acceptors (Lipinski definition) is 3. The number of hydrogen-bond donors (Lipinski definition) is 1. The molecule has 114 valence electrons. The smallest absolute Gasteiger partial charge is 0.221 e. The summed E-state index contributed by atoms with van der Waals surface area (Å²) in [5.74, 6) is 2.41. The molecule has 3 aliphatic rings. The van der Waals surface area contributed by atoms with Crippen LogP contribution >= 0.6 is 0 Å². The zero-order valence-corrected chi connectivity index (χ0v) is 12.8. The molecule has 2 bridgehead atoms. The van der Waals surface area contributed by atoms with Crippen molar-refractivity contribution in [3.8, 4) is 0 Å². The summed E-state index contributed by atoms with van der Waals surface area (Å²) in [6.45, 7) is 2.13. The van der Waals surface area contributed by atoms with Gasteiger partial charge in [0.05, 0.1) is 12.1 Å². The van der Waals surface area contributed by atoms with E-state index in [4.69, 9.17) is 5.73 Å². The van der Waals surface area contributed by atoms with Crippen LogP contribution in [0.25, 0.3) is 0 Å². The van der Waals surface area contributed by atoms with Crippen molar-refractivity contribution in [3.05, 3.63) is 35.4 Å². The molecule has 2 N–H and O–H groups in total. The lowest BCUT2D eigenvalue weighted by atomic mass is 9.72. The van der Waals surface area contributed by atoms with Gasteiger partial charge in [0, 0.05) is 17.5 Å². The van der Waals surface area contributed by atoms with Crippen LogP contribution < -0.4 is 5.73 Å². The first kappa shape index (κ1) is 13.7. The van der Waals surface area contributed by atoms with Gasteiger partial charge >= 0.3 is 0 Å². The summed E-state index contributed by atoms with van der Waals surface area (Å²) in [6.07, 6.45) is 4.31. The molecule has 4 atom stereocenters. The summed E-state index contributed by atoms with van der Waals surface area (Å²) in [5, 5.41) is 9.00. The molecule has 1 aromatic carbocycles. The second-order valence-electron chi connectivity index (χ2n) is 6.95. The lowest BCUT2D eigenvalue weighted by Gasteiger charge is -2.34. The first-order valence-electron chi connectivity index (χ1n) is 8.13. The largest absolute Gasteiger partial charge is 0.369 e. The van der Waals surface area contributed by atoms with E-state index >= 15 is 0 Å². The number of nitrogens with zero attached hydrogens (tertiary/aromatic N) is 2. The molecular formula is C18H21N3O. The van der Waals surface area contributed by atoms with Crippen LogP contribution in [0.4, 0.5) is 0 Å². The summed E-state index contributed by atoms with van der Waals surface area (Å²) < 4.78 is 0. The Kier molecular flexibility index (Phi) is 3.13. The number of fused-ring (bicyclic) bond motifs is 5. The topological polar surface area (TPSA) is 67.8 Å². The maximum Gasteiger partial charge on any atom is 0.221 e. The summed E-state index contributed by atoms with van der Waals surface area (Å²) >= 11 is 0. The van der Waals surface area contributed by atoms with Crippen molar-refractivity contribution in [3.63, 3.8) is 0 Å². The van der Waals surface area contributed by atoms with Gasteiger partial charge in [0.1, 0.15) is 0 Å². The number of benzene rings is 1. The van der Waals surface area contributed by atoms with Crippen molar-refractivity contribution in [2.45, 2.75) is 32.6 Å². The standard InChI is InChI=1S/C18H21N3O/c1-10-16-13-6-7-14(9-13)17(16)18(21-20-10)12-4-2-11(3-5-12)8-15(19)22/h2-5,13-14,16-17H,6-9H2,1H3,(H2,19,22). The van der Waals surface area contributed by atoms with Crippen LogP contribution in [0.2, 0.25) is 0 Å². The lowest BCUT2D eigenvalue weighted by molar-refractivity contribution is -0.117. The number of primary amides is 1. The molecule has 1 aromatic rings. The second kappa shape index (κ2) is 5.04. The van der Waals surface area contributed by atoms with Crippen LogP contribution in [0.5, 0.6) is 0 Å². The van der Waals surface area contributed by atoms with Gasteiger partial charge in [-0.2, -0.15) is 10.2 Å². The van der Waals surface area contributed by atoms with Crippen LogP contribution in [-0.4, -0.2) is 17.3 Å². The van der Waals surface area contributed by atoms with E-state index in [1.807, 2.05) is 12.1 Å². The van der Waals surface area contributed by atoms with Crippen LogP contribution in [0.15, 0.2) is 34.5 Å². The van der Waals surface area contributed by atoms with Crippen LogP contribution in [0.3, 0.4) is 0 Å². The van der Waals surface area contributed by atoms with E-state index in [1.54, 1.807) is 0 Å². The fourth-order valence-electron chi connectivity index (χ4n) is 4.80. The van der Waals surface area contributed by atoms with E-state index in [0.29, 0.717) is 18.3 Å². The van der Waals surface area contributed by atoms with Crippen molar-refractivity contribution in [2.75, 3.05) is 0 Å². The molecule has 1 aliphatic heterocycles. The minimum Gasteiger partial charge on any atom is -0.369 e. The van der Waals surface area contributed by atoms with Gasteiger partial charge in [0.15, 0.2) is 0 Å². The Labute approximate surface area is 130 Å². The molecule has 22 heavy (non-hydrogen) atoms. The third kappa shape index (κ3) is 2.09. The Balaban J connectivity index is 1.65. The Hall–Kier alpha value is -1.97. The maximum atomic E-state index is 11.0. The molecule has 1 heterocycles. The summed E-state index contributed by atoms with van der Waals surface area (Å²) in [6, 6.07) is 8.10. The molecule has 1 amide bonds. The van der Waals surface area contributed by atoms with Gasteiger partial charge < -0.3 is 5.73 Å². The first-order chi connectivity index (χ1) is 10.6. The van der Waals surface area contributed by atoms with Gasteiger partial charge in [-0.1, -0.05) is 24.3 Å². The number of rotatable bonds is 3. The normalized spacial score (nSPS) is 32.4. The number of nitrogens with two attached hydrogens (primary N) is 1. The van der Waals surface area contributed by atoms with Crippen molar-refractivity contribution in [1.29, 1.82) is 0 Å². The summed E-state index contributed by atoms with van der Waals surface area (Å²) in [7, 11) is 0. The molecule has 2 fully saturated rings. The predicted molar refractivity (Wildman–Crippen MR) is 86.8 cm³/mol. The van der Waals surface area contributed by atoms with Crippen molar-refractivity contribution < 1.29 is 4.79 Å². The van der Waals surface area contributed by atoms with E-state index in [1.165, 1.54) is 25.0 Å². The van der Waals surface area contributed by atoms with Gasteiger partial charge in [-0.3, -0.25) is 4.79 Å². The zero-order chi connectivity index (χ0) is 15.3. The quantitative estimate of drug-likeness (QED) is 0.915. The van der Waals surface area contributed by atoms with Crippen LogP contribution in [0.1, 0.15) is 37.3 Å². The second-order valence-corrected chi connectivity index (χ2v) is 6.95. The third-order valence-electron chi connectivity index (χ3n) is 5.66. The first-order valence-corrected chi connectivity index (χ1v) is 8.13. The molecule has 0 saturated heterocycles. The molecule has 0 radical (unpaired) electrons. The van der Waals surface area contributed by atoms with E-state index < -0.39 is 0 Å². The van der Waals surface area contributed by atoms with Gasteiger partial charge in [-0.05, 0) is 49.1 Å². The maximum absolute atomic E-state index is 11.0. The van der Waals surface area contributed by atoms with E-state index in [0.717, 1.165) is 28.7 Å². The Bertz CT molecular complexity index is 674.